The van der Waals surface area contributed by atoms with Crippen LogP contribution in [-0.4, -0.2) is 67.3 Å². The molecule has 1 unspecified atom stereocenters. The second-order valence-corrected chi connectivity index (χ2v) is 9.79. The molecule has 2 aromatic carbocycles. The van der Waals surface area contributed by atoms with Gasteiger partial charge in [-0.15, -0.1) is 0 Å². The van der Waals surface area contributed by atoms with Crippen LogP contribution >= 0.6 is 15.9 Å². The Kier molecular flexibility index (Phi) is 6.57. The minimum atomic E-state index is -0.658. The summed E-state index contributed by atoms with van der Waals surface area (Å²) in [7, 11) is 1.46. The van der Waals surface area contributed by atoms with Crippen molar-refractivity contribution in [1.82, 2.24) is 9.80 Å². The van der Waals surface area contributed by atoms with Gasteiger partial charge in [-0.1, -0.05) is 11.6 Å². The number of aromatic hydroxyl groups is 1. The van der Waals surface area contributed by atoms with Crippen molar-refractivity contribution in [3.8, 4) is 11.5 Å². The van der Waals surface area contributed by atoms with Crippen molar-refractivity contribution in [3.05, 3.63) is 67.5 Å². The number of ether oxygens (including phenoxy) is 2. The molecule has 3 heterocycles. The number of halogens is 1. The summed E-state index contributed by atoms with van der Waals surface area (Å²) in [6, 6.07) is 8.11. The molecule has 184 valence electrons. The van der Waals surface area contributed by atoms with Crippen molar-refractivity contribution < 1.29 is 23.8 Å². The van der Waals surface area contributed by atoms with E-state index in [2.05, 4.69) is 20.8 Å². The molecule has 2 aliphatic rings. The number of hydrogen-bond acceptors (Lipinski definition) is 7. The Hall–Kier alpha value is -2.88. The standard InChI is InChI=1S/C26H27BrN2O6/c1-15-4-5-19-17(12-15)23(30)21-22(16-13-18(27)24(31)20(14-16)33-2)29(26(32)25(21)35-19)7-3-6-28-8-10-34-11-9-28/h4-5,12-14,22,31H,3,6-11H2,1-2H3. The Morgan fingerprint density at radius 3 is 2.66 bits per heavy atom. The fourth-order valence-electron chi connectivity index (χ4n) is 4.91. The summed E-state index contributed by atoms with van der Waals surface area (Å²) in [6.45, 7) is 6.33. The summed E-state index contributed by atoms with van der Waals surface area (Å²) in [5.41, 5.74) is 2.08. The lowest BCUT2D eigenvalue weighted by molar-refractivity contribution is 0.0353. The zero-order valence-electron chi connectivity index (χ0n) is 19.7. The first-order valence-electron chi connectivity index (χ1n) is 11.6. The summed E-state index contributed by atoms with van der Waals surface area (Å²) < 4.78 is 17.2. The minimum absolute atomic E-state index is 0.0409. The largest absolute Gasteiger partial charge is 0.503 e. The average Bonchev–Trinajstić information content (AvgIpc) is 3.14. The van der Waals surface area contributed by atoms with Gasteiger partial charge >= 0.3 is 0 Å². The lowest BCUT2D eigenvalue weighted by Crippen LogP contribution is -2.38. The van der Waals surface area contributed by atoms with E-state index in [0.717, 1.165) is 31.6 Å². The fourth-order valence-corrected chi connectivity index (χ4v) is 5.37. The highest BCUT2D eigenvalue weighted by atomic mass is 79.9. The number of benzene rings is 2. The number of fused-ring (bicyclic) bond motifs is 2. The lowest BCUT2D eigenvalue weighted by Gasteiger charge is -2.29. The normalized spacial score (nSPS) is 18.3. The molecule has 0 spiro atoms. The van der Waals surface area contributed by atoms with Gasteiger partial charge in [0.15, 0.2) is 16.9 Å². The number of rotatable bonds is 6. The number of hydrogen-bond donors (Lipinski definition) is 1. The van der Waals surface area contributed by atoms with Crippen molar-refractivity contribution in [1.29, 1.82) is 0 Å². The maximum absolute atomic E-state index is 13.7. The van der Waals surface area contributed by atoms with E-state index in [0.29, 0.717) is 46.3 Å². The SMILES string of the molecule is COc1cc(C2c3c(oc4ccc(C)cc4c3=O)C(=O)N2CCCN2CCOCC2)cc(Br)c1O. The van der Waals surface area contributed by atoms with Crippen LogP contribution in [0.1, 0.15) is 39.7 Å². The number of carbonyl (C=O) groups is 1. The first-order chi connectivity index (χ1) is 16.9. The molecule has 1 N–H and O–H groups in total. The summed E-state index contributed by atoms with van der Waals surface area (Å²) in [4.78, 5) is 31.3. The Balaban J connectivity index is 1.59. The van der Waals surface area contributed by atoms with E-state index in [1.54, 1.807) is 29.2 Å². The van der Waals surface area contributed by atoms with Crippen LogP contribution in [0.2, 0.25) is 0 Å². The number of aryl methyl sites for hydroxylation is 1. The van der Waals surface area contributed by atoms with E-state index < -0.39 is 6.04 Å². The molecule has 3 aromatic rings. The van der Waals surface area contributed by atoms with Crippen LogP contribution < -0.4 is 10.2 Å². The quantitative estimate of drug-likeness (QED) is 0.505. The summed E-state index contributed by atoms with van der Waals surface area (Å²) in [6.07, 6.45) is 0.736. The number of phenolic OH excluding ortho intramolecular Hbond substituents is 1. The second-order valence-electron chi connectivity index (χ2n) is 8.94. The molecule has 35 heavy (non-hydrogen) atoms. The smallest absolute Gasteiger partial charge is 0.290 e. The van der Waals surface area contributed by atoms with Crippen LogP contribution in [0.4, 0.5) is 0 Å². The van der Waals surface area contributed by atoms with Crippen molar-refractivity contribution >= 4 is 32.8 Å². The van der Waals surface area contributed by atoms with Gasteiger partial charge in [-0.05, 0) is 59.1 Å². The number of morpholine rings is 1. The van der Waals surface area contributed by atoms with Gasteiger partial charge in [-0.2, -0.15) is 0 Å². The molecule has 2 aliphatic heterocycles. The van der Waals surface area contributed by atoms with Gasteiger partial charge < -0.3 is 23.9 Å². The molecule has 0 bridgehead atoms. The minimum Gasteiger partial charge on any atom is -0.503 e. The summed E-state index contributed by atoms with van der Waals surface area (Å²) in [5, 5.41) is 10.8. The molecular weight excluding hydrogens is 516 g/mol. The Morgan fingerprint density at radius 2 is 1.91 bits per heavy atom. The lowest BCUT2D eigenvalue weighted by atomic mass is 9.97. The van der Waals surface area contributed by atoms with E-state index >= 15 is 0 Å². The monoisotopic (exact) mass is 542 g/mol. The predicted molar refractivity (Wildman–Crippen MR) is 134 cm³/mol. The van der Waals surface area contributed by atoms with Crippen molar-refractivity contribution in [2.45, 2.75) is 19.4 Å². The maximum atomic E-state index is 13.7. The van der Waals surface area contributed by atoms with Gasteiger partial charge in [0.1, 0.15) is 5.58 Å². The molecule has 5 rings (SSSR count). The first kappa shape index (κ1) is 23.8. The molecule has 0 saturated carbocycles. The number of carbonyl (C=O) groups excluding carboxylic acids is 1. The Morgan fingerprint density at radius 1 is 1.14 bits per heavy atom. The van der Waals surface area contributed by atoms with Crippen molar-refractivity contribution in [2.24, 2.45) is 0 Å². The highest BCUT2D eigenvalue weighted by Gasteiger charge is 2.43. The zero-order valence-corrected chi connectivity index (χ0v) is 21.3. The number of phenols is 1. The maximum Gasteiger partial charge on any atom is 0.290 e. The van der Waals surface area contributed by atoms with Crippen LogP contribution in [0, 0.1) is 6.92 Å². The molecule has 1 aromatic heterocycles. The molecule has 1 atom stereocenters. The van der Waals surface area contributed by atoms with E-state index in [9.17, 15) is 14.7 Å². The molecule has 1 saturated heterocycles. The van der Waals surface area contributed by atoms with E-state index in [1.807, 2.05) is 13.0 Å². The number of amides is 1. The molecule has 0 radical (unpaired) electrons. The van der Waals surface area contributed by atoms with Crippen molar-refractivity contribution in [2.75, 3.05) is 46.5 Å². The van der Waals surface area contributed by atoms with Crippen LogP contribution in [0.5, 0.6) is 11.5 Å². The third kappa shape index (κ3) is 4.32. The van der Waals surface area contributed by atoms with E-state index in [1.165, 1.54) is 7.11 Å². The van der Waals surface area contributed by atoms with Gasteiger partial charge in [-0.25, -0.2) is 0 Å². The van der Waals surface area contributed by atoms with Gasteiger partial charge in [0.25, 0.3) is 5.91 Å². The molecular formula is C26H27BrN2O6. The Labute approximate surface area is 211 Å². The summed E-state index contributed by atoms with van der Waals surface area (Å²) >= 11 is 3.38. The average molecular weight is 543 g/mol. The van der Waals surface area contributed by atoms with Gasteiger partial charge in [0.05, 0.1) is 41.8 Å². The topological polar surface area (TPSA) is 92.5 Å². The zero-order chi connectivity index (χ0) is 24.7. The first-order valence-corrected chi connectivity index (χ1v) is 12.4. The molecule has 8 nitrogen and oxygen atoms in total. The predicted octanol–water partition coefficient (Wildman–Crippen LogP) is 3.85. The van der Waals surface area contributed by atoms with Crippen LogP contribution in [0.15, 0.2) is 44.0 Å². The third-order valence-electron chi connectivity index (χ3n) is 6.68. The summed E-state index contributed by atoms with van der Waals surface area (Å²) in [5.74, 6) is -0.0222. The highest BCUT2D eigenvalue weighted by Crippen LogP contribution is 2.43. The molecule has 1 amide bonds. The number of nitrogens with zero attached hydrogens (tertiary/aromatic N) is 2. The second kappa shape index (κ2) is 9.64. The fraction of sp³-hybridized carbons (Fsp3) is 0.385. The van der Waals surface area contributed by atoms with Crippen molar-refractivity contribution in [3.63, 3.8) is 0 Å². The van der Waals surface area contributed by atoms with Crippen LogP contribution in [-0.2, 0) is 4.74 Å². The van der Waals surface area contributed by atoms with E-state index in [-0.39, 0.29) is 28.6 Å². The van der Waals surface area contributed by atoms with E-state index in [4.69, 9.17) is 13.9 Å². The highest BCUT2D eigenvalue weighted by molar-refractivity contribution is 9.10. The third-order valence-corrected chi connectivity index (χ3v) is 7.29. The molecule has 0 aliphatic carbocycles. The number of methoxy groups -OCH3 is 1. The Bertz CT molecular complexity index is 1350. The van der Waals surface area contributed by atoms with Gasteiger partial charge in [0.2, 0.25) is 5.76 Å². The van der Waals surface area contributed by atoms with Gasteiger partial charge in [-0.3, -0.25) is 14.5 Å². The molecule has 9 heteroatoms. The van der Waals surface area contributed by atoms with Gasteiger partial charge in [0, 0.05) is 26.2 Å². The van der Waals surface area contributed by atoms with Crippen LogP contribution in [0.25, 0.3) is 11.0 Å². The molecule has 1 fully saturated rings. The van der Waals surface area contributed by atoms with Crippen LogP contribution in [0.3, 0.4) is 0 Å².